The number of nitrogens with zero attached hydrogens (tertiary/aromatic N) is 1. The molecule has 5 N–H and O–H groups in total. The molecule has 0 amide bonds. The van der Waals surface area contributed by atoms with Crippen molar-refractivity contribution in [2.75, 3.05) is 6.54 Å². The second kappa shape index (κ2) is 6.59. The number of amidine groups is 1. The molecule has 1 atom stereocenters. The summed E-state index contributed by atoms with van der Waals surface area (Å²) in [6.07, 6.45) is 0.735. The highest BCUT2D eigenvalue weighted by Crippen LogP contribution is 1.99. The van der Waals surface area contributed by atoms with E-state index in [9.17, 15) is 8.42 Å². The summed E-state index contributed by atoms with van der Waals surface area (Å²) in [5.41, 5.74) is 5.29. The maximum Gasteiger partial charge on any atom is 0.277 e. The summed E-state index contributed by atoms with van der Waals surface area (Å²) < 4.78 is 27.3. The minimum atomic E-state index is -3.49. The molecule has 0 aliphatic rings. The molecule has 0 spiro atoms. The second-order valence-electron chi connectivity index (χ2n) is 3.02. The second-order valence-corrected chi connectivity index (χ2v) is 4.55. The van der Waals surface area contributed by atoms with Crippen molar-refractivity contribution >= 4 is 16.0 Å². The van der Waals surface area contributed by atoms with Gasteiger partial charge in [0.2, 0.25) is 0 Å². The standard InChI is InChI=1S/C7H18N4O3S/c1-3-6(5-7(8)10-12)11-15(13,14)9-4-2/h6,9,11-12H,3-5H2,1-2H3,(H2,8,10). The van der Waals surface area contributed by atoms with E-state index in [1.54, 1.807) is 6.92 Å². The average molecular weight is 238 g/mol. The summed E-state index contributed by atoms with van der Waals surface area (Å²) in [4.78, 5) is 0. The van der Waals surface area contributed by atoms with Gasteiger partial charge in [-0.05, 0) is 6.42 Å². The average Bonchev–Trinajstić information content (AvgIpc) is 2.16. The van der Waals surface area contributed by atoms with Gasteiger partial charge in [-0.2, -0.15) is 13.1 Å². The molecule has 0 aromatic carbocycles. The van der Waals surface area contributed by atoms with Gasteiger partial charge in [0.15, 0.2) is 0 Å². The van der Waals surface area contributed by atoms with Crippen molar-refractivity contribution in [2.24, 2.45) is 10.9 Å². The predicted octanol–water partition coefficient (Wildman–Crippen LogP) is -0.655. The minimum absolute atomic E-state index is 0.000971. The molecule has 0 heterocycles. The maximum atomic E-state index is 11.3. The smallest absolute Gasteiger partial charge is 0.277 e. The van der Waals surface area contributed by atoms with Crippen LogP contribution in [0.15, 0.2) is 5.16 Å². The van der Waals surface area contributed by atoms with Gasteiger partial charge in [0.25, 0.3) is 10.2 Å². The van der Waals surface area contributed by atoms with Crippen LogP contribution in [0.5, 0.6) is 0 Å². The van der Waals surface area contributed by atoms with Crippen LogP contribution < -0.4 is 15.2 Å². The Bertz CT molecular complexity index is 301. The number of rotatable bonds is 7. The lowest BCUT2D eigenvalue weighted by atomic mass is 10.1. The first-order chi connectivity index (χ1) is 6.95. The molecule has 0 aliphatic heterocycles. The zero-order valence-electron chi connectivity index (χ0n) is 8.90. The fraction of sp³-hybridized carbons (Fsp3) is 0.857. The number of hydrogen-bond acceptors (Lipinski definition) is 4. The molecule has 8 heteroatoms. The summed E-state index contributed by atoms with van der Waals surface area (Å²) >= 11 is 0. The van der Waals surface area contributed by atoms with Crippen LogP contribution >= 0.6 is 0 Å². The van der Waals surface area contributed by atoms with Crippen LogP contribution in [0.1, 0.15) is 26.7 Å². The molecule has 0 radical (unpaired) electrons. The van der Waals surface area contributed by atoms with Gasteiger partial charge in [0.05, 0.1) is 0 Å². The van der Waals surface area contributed by atoms with Crippen LogP contribution in [0, 0.1) is 0 Å². The molecule has 15 heavy (non-hydrogen) atoms. The minimum Gasteiger partial charge on any atom is -0.409 e. The number of nitrogens with two attached hydrogens (primary N) is 1. The van der Waals surface area contributed by atoms with Gasteiger partial charge < -0.3 is 10.9 Å². The third-order valence-corrected chi connectivity index (χ3v) is 3.05. The van der Waals surface area contributed by atoms with Crippen molar-refractivity contribution in [1.29, 1.82) is 0 Å². The number of oxime groups is 1. The van der Waals surface area contributed by atoms with Crippen LogP contribution in [0.25, 0.3) is 0 Å². The van der Waals surface area contributed by atoms with Gasteiger partial charge in [0, 0.05) is 19.0 Å². The summed E-state index contributed by atoms with van der Waals surface area (Å²) in [5.74, 6) is 0.000971. The Morgan fingerprint density at radius 3 is 2.53 bits per heavy atom. The molecule has 1 unspecified atom stereocenters. The van der Waals surface area contributed by atoms with E-state index in [0.29, 0.717) is 13.0 Å². The molecule has 7 nitrogen and oxygen atoms in total. The lowest BCUT2D eigenvalue weighted by Crippen LogP contribution is -2.43. The zero-order valence-corrected chi connectivity index (χ0v) is 9.71. The Labute approximate surface area is 89.9 Å². The van der Waals surface area contributed by atoms with Crippen LogP contribution in [-0.4, -0.2) is 32.0 Å². The quantitative estimate of drug-likeness (QED) is 0.204. The first kappa shape index (κ1) is 14.1. The Kier molecular flexibility index (Phi) is 6.21. The van der Waals surface area contributed by atoms with Gasteiger partial charge in [-0.25, -0.2) is 4.72 Å². The van der Waals surface area contributed by atoms with Gasteiger partial charge in [-0.15, -0.1) is 0 Å². The first-order valence-corrected chi connectivity index (χ1v) is 6.16. The molecule has 0 aromatic rings. The lowest BCUT2D eigenvalue weighted by Gasteiger charge is -2.16. The van der Waals surface area contributed by atoms with Gasteiger partial charge in [-0.1, -0.05) is 19.0 Å². The van der Waals surface area contributed by atoms with Crippen molar-refractivity contribution < 1.29 is 13.6 Å². The van der Waals surface area contributed by atoms with Crippen LogP contribution in [0.3, 0.4) is 0 Å². The molecule has 0 rings (SSSR count). The van der Waals surface area contributed by atoms with Crippen molar-refractivity contribution in [3.8, 4) is 0 Å². The molecule has 0 saturated carbocycles. The molecule has 0 aromatic heterocycles. The Morgan fingerprint density at radius 1 is 1.53 bits per heavy atom. The Balaban J connectivity index is 4.33. The van der Waals surface area contributed by atoms with E-state index >= 15 is 0 Å². The molecule has 90 valence electrons. The van der Waals surface area contributed by atoms with Crippen LogP contribution in [0.4, 0.5) is 0 Å². The zero-order chi connectivity index (χ0) is 11.9. The number of nitrogens with one attached hydrogen (secondary N) is 2. The third-order valence-electron chi connectivity index (χ3n) is 1.73. The van der Waals surface area contributed by atoms with E-state index in [2.05, 4.69) is 14.6 Å². The van der Waals surface area contributed by atoms with E-state index in [4.69, 9.17) is 10.9 Å². The molecular formula is C7H18N4O3S. The summed E-state index contributed by atoms with van der Waals surface area (Å²) in [6.45, 7) is 3.81. The highest BCUT2D eigenvalue weighted by molar-refractivity contribution is 7.87. The Morgan fingerprint density at radius 2 is 2.13 bits per heavy atom. The summed E-state index contributed by atoms with van der Waals surface area (Å²) in [7, 11) is -3.49. The Hall–Kier alpha value is -0.860. The van der Waals surface area contributed by atoms with E-state index in [-0.39, 0.29) is 18.3 Å². The molecule has 0 bridgehead atoms. The highest BCUT2D eigenvalue weighted by Gasteiger charge is 2.16. The fourth-order valence-electron chi connectivity index (χ4n) is 1.01. The normalized spacial score (nSPS) is 15.2. The van der Waals surface area contributed by atoms with Crippen molar-refractivity contribution in [1.82, 2.24) is 9.44 Å². The molecule has 0 fully saturated rings. The van der Waals surface area contributed by atoms with Gasteiger partial charge in [0.1, 0.15) is 5.84 Å². The van der Waals surface area contributed by atoms with E-state index in [1.165, 1.54) is 0 Å². The predicted molar refractivity (Wildman–Crippen MR) is 57.8 cm³/mol. The van der Waals surface area contributed by atoms with Crippen LogP contribution in [0.2, 0.25) is 0 Å². The molecular weight excluding hydrogens is 220 g/mol. The maximum absolute atomic E-state index is 11.3. The van der Waals surface area contributed by atoms with E-state index in [1.807, 2.05) is 6.92 Å². The summed E-state index contributed by atoms with van der Waals surface area (Å²) in [6, 6.07) is -0.370. The van der Waals surface area contributed by atoms with Crippen LogP contribution in [-0.2, 0) is 10.2 Å². The van der Waals surface area contributed by atoms with E-state index in [0.717, 1.165) is 0 Å². The topological polar surface area (TPSA) is 117 Å². The van der Waals surface area contributed by atoms with E-state index < -0.39 is 10.2 Å². The molecule has 0 aliphatic carbocycles. The third kappa shape index (κ3) is 6.26. The van der Waals surface area contributed by atoms with Gasteiger partial charge in [-0.3, -0.25) is 0 Å². The van der Waals surface area contributed by atoms with Crippen molar-refractivity contribution in [3.63, 3.8) is 0 Å². The summed E-state index contributed by atoms with van der Waals surface area (Å²) in [5, 5.41) is 11.1. The SMILES string of the molecule is CCNS(=O)(=O)NC(CC)CC(N)=NO. The lowest BCUT2D eigenvalue weighted by molar-refractivity contribution is 0.316. The van der Waals surface area contributed by atoms with Crippen molar-refractivity contribution in [3.05, 3.63) is 0 Å². The number of hydrogen-bond donors (Lipinski definition) is 4. The highest BCUT2D eigenvalue weighted by atomic mass is 32.2. The fourth-order valence-corrected chi connectivity index (χ4v) is 2.17. The van der Waals surface area contributed by atoms with Crippen molar-refractivity contribution in [2.45, 2.75) is 32.7 Å². The largest absolute Gasteiger partial charge is 0.409 e. The monoisotopic (exact) mass is 238 g/mol. The van der Waals surface area contributed by atoms with Gasteiger partial charge >= 0.3 is 0 Å². The first-order valence-electron chi connectivity index (χ1n) is 4.68. The molecule has 0 saturated heterocycles.